The molecule has 0 spiro atoms. The van der Waals surface area contributed by atoms with Gasteiger partial charge in [0.25, 0.3) is 0 Å². The summed E-state index contributed by atoms with van der Waals surface area (Å²) in [4.78, 5) is 0. The third-order valence-corrected chi connectivity index (χ3v) is 4.17. The van der Waals surface area contributed by atoms with E-state index in [1.165, 1.54) is 5.56 Å². The smallest absolute Gasteiger partial charge is 0.0441 e. The van der Waals surface area contributed by atoms with E-state index < -0.39 is 0 Å². The summed E-state index contributed by atoms with van der Waals surface area (Å²) in [5, 5.41) is 0.792. The molecular formula is C15H13BrCl2. The molecule has 1 unspecified atom stereocenters. The lowest BCUT2D eigenvalue weighted by atomic mass is 9.93. The fourth-order valence-electron chi connectivity index (χ4n) is 1.96. The van der Waals surface area contributed by atoms with Gasteiger partial charge in [0.1, 0.15) is 0 Å². The van der Waals surface area contributed by atoms with Crippen molar-refractivity contribution in [2.24, 2.45) is 0 Å². The molecule has 3 heteroatoms. The Morgan fingerprint density at radius 3 is 2.28 bits per heavy atom. The van der Waals surface area contributed by atoms with E-state index in [-0.39, 0.29) is 5.92 Å². The van der Waals surface area contributed by atoms with Gasteiger partial charge in [-0.2, -0.15) is 0 Å². The van der Waals surface area contributed by atoms with Crippen molar-refractivity contribution >= 4 is 39.1 Å². The van der Waals surface area contributed by atoms with Gasteiger partial charge in [-0.05, 0) is 35.7 Å². The topological polar surface area (TPSA) is 0 Å². The van der Waals surface area contributed by atoms with Crippen LogP contribution in [-0.2, 0) is 6.42 Å². The summed E-state index contributed by atoms with van der Waals surface area (Å²) in [7, 11) is 0. The highest BCUT2D eigenvalue weighted by atomic mass is 79.9. The van der Waals surface area contributed by atoms with Gasteiger partial charge in [-0.1, -0.05) is 57.9 Å². The van der Waals surface area contributed by atoms with E-state index in [1.807, 2.05) is 36.4 Å². The van der Waals surface area contributed by atoms with E-state index in [0.717, 1.165) is 21.5 Å². The third-order valence-electron chi connectivity index (χ3n) is 2.93. The molecule has 2 rings (SSSR count). The molecule has 0 radical (unpaired) electrons. The van der Waals surface area contributed by atoms with Crippen LogP contribution in [0, 0.1) is 0 Å². The molecule has 0 bridgehead atoms. The average Bonchev–Trinajstić information content (AvgIpc) is 2.39. The number of alkyl halides is 1. The van der Waals surface area contributed by atoms with E-state index in [2.05, 4.69) is 28.1 Å². The molecule has 1 atom stereocenters. The first-order chi connectivity index (χ1) is 8.70. The van der Waals surface area contributed by atoms with Crippen LogP contribution in [0.5, 0.6) is 0 Å². The van der Waals surface area contributed by atoms with Gasteiger partial charge >= 0.3 is 0 Å². The zero-order valence-electron chi connectivity index (χ0n) is 9.74. The summed E-state index contributed by atoms with van der Waals surface area (Å²) in [6.07, 6.45) is 0.903. The molecular weight excluding hydrogens is 331 g/mol. The van der Waals surface area contributed by atoms with Gasteiger partial charge in [0.15, 0.2) is 0 Å². The van der Waals surface area contributed by atoms with E-state index in [0.29, 0.717) is 5.88 Å². The minimum absolute atomic E-state index is 0.251. The molecule has 0 fully saturated rings. The normalized spacial score (nSPS) is 12.4. The molecule has 0 aliphatic rings. The summed E-state index contributed by atoms with van der Waals surface area (Å²) in [6, 6.07) is 16.2. The first-order valence-electron chi connectivity index (χ1n) is 5.75. The van der Waals surface area contributed by atoms with Crippen LogP contribution >= 0.6 is 39.1 Å². The maximum atomic E-state index is 6.22. The standard InChI is InChI=1S/C15H13BrCl2/c16-13-7-5-11(6-8-13)9-12(10-17)14-3-1-2-4-15(14)18/h1-8,12H,9-10H2. The minimum atomic E-state index is 0.251. The largest absolute Gasteiger partial charge is 0.126 e. The lowest BCUT2D eigenvalue weighted by Gasteiger charge is -2.16. The number of benzene rings is 2. The van der Waals surface area contributed by atoms with Gasteiger partial charge in [-0.15, -0.1) is 11.6 Å². The Hall–Kier alpha value is -0.500. The van der Waals surface area contributed by atoms with Crippen LogP contribution in [0.1, 0.15) is 17.0 Å². The highest BCUT2D eigenvalue weighted by Gasteiger charge is 2.14. The summed E-state index contributed by atoms with van der Waals surface area (Å²) in [5.41, 5.74) is 2.39. The molecule has 0 saturated heterocycles. The average molecular weight is 344 g/mol. The molecule has 0 amide bonds. The van der Waals surface area contributed by atoms with Gasteiger partial charge in [0.05, 0.1) is 0 Å². The molecule has 18 heavy (non-hydrogen) atoms. The Labute approximate surface area is 126 Å². The van der Waals surface area contributed by atoms with Crippen molar-refractivity contribution in [2.45, 2.75) is 12.3 Å². The van der Waals surface area contributed by atoms with Crippen LogP contribution in [0.25, 0.3) is 0 Å². The fourth-order valence-corrected chi connectivity index (χ4v) is 2.79. The molecule has 0 nitrogen and oxygen atoms in total. The van der Waals surface area contributed by atoms with Gasteiger partial charge in [-0.25, -0.2) is 0 Å². The van der Waals surface area contributed by atoms with E-state index >= 15 is 0 Å². The second-order valence-corrected chi connectivity index (χ2v) is 5.83. The van der Waals surface area contributed by atoms with Gasteiger partial charge in [-0.3, -0.25) is 0 Å². The van der Waals surface area contributed by atoms with Crippen molar-refractivity contribution in [1.29, 1.82) is 0 Å². The van der Waals surface area contributed by atoms with Crippen molar-refractivity contribution in [3.05, 3.63) is 69.2 Å². The Morgan fingerprint density at radius 1 is 1.00 bits per heavy atom. The summed E-state index contributed by atoms with van der Waals surface area (Å²) < 4.78 is 1.09. The molecule has 0 aliphatic heterocycles. The Balaban J connectivity index is 2.20. The van der Waals surface area contributed by atoms with Crippen LogP contribution in [0.3, 0.4) is 0 Å². The van der Waals surface area contributed by atoms with Crippen molar-refractivity contribution < 1.29 is 0 Å². The Kier molecular flexibility index (Phi) is 5.11. The maximum absolute atomic E-state index is 6.22. The van der Waals surface area contributed by atoms with Crippen molar-refractivity contribution in [3.8, 4) is 0 Å². The van der Waals surface area contributed by atoms with Crippen LogP contribution in [0.15, 0.2) is 53.0 Å². The molecule has 0 aromatic heterocycles. The zero-order valence-corrected chi connectivity index (χ0v) is 12.8. The lowest BCUT2D eigenvalue weighted by molar-refractivity contribution is 0.766. The first kappa shape index (κ1) is 13.9. The molecule has 2 aromatic carbocycles. The lowest BCUT2D eigenvalue weighted by Crippen LogP contribution is -2.05. The molecule has 0 saturated carbocycles. The number of hydrogen-bond donors (Lipinski definition) is 0. The summed E-state index contributed by atoms with van der Waals surface area (Å²) in [5.74, 6) is 0.821. The molecule has 0 heterocycles. The van der Waals surface area contributed by atoms with Crippen LogP contribution in [0.2, 0.25) is 5.02 Å². The van der Waals surface area contributed by atoms with Crippen molar-refractivity contribution in [3.63, 3.8) is 0 Å². The van der Waals surface area contributed by atoms with Gasteiger partial charge in [0.2, 0.25) is 0 Å². The SMILES string of the molecule is ClCC(Cc1ccc(Br)cc1)c1ccccc1Cl. The minimum Gasteiger partial charge on any atom is -0.126 e. The van der Waals surface area contributed by atoms with Crippen LogP contribution < -0.4 is 0 Å². The Morgan fingerprint density at radius 2 is 1.67 bits per heavy atom. The quantitative estimate of drug-likeness (QED) is 0.627. The molecule has 0 aliphatic carbocycles. The Bertz CT molecular complexity index is 508. The summed E-state index contributed by atoms with van der Waals surface area (Å²) >= 11 is 15.7. The van der Waals surface area contributed by atoms with Gasteiger partial charge < -0.3 is 0 Å². The maximum Gasteiger partial charge on any atom is 0.0441 e. The van der Waals surface area contributed by atoms with E-state index in [1.54, 1.807) is 0 Å². The molecule has 2 aromatic rings. The first-order valence-corrected chi connectivity index (χ1v) is 7.46. The van der Waals surface area contributed by atoms with Gasteiger partial charge in [0, 0.05) is 21.3 Å². The zero-order chi connectivity index (χ0) is 13.0. The number of rotatable bonds is 4. The van der Waals surface area contributed by atoms with E-state index in [9.17, 15) is 0 Å². The molecule has 94 valence electrons. The fraction of sp³-hybridized carbons (Fsp3) is 0.200. The van der Waals surface area contributed by atoms with Crippen LogP contribution in [0.4, 0.5) is 0 Å². The second-order valence-electron chi connectivity index (χ2n) is 4.20. The molecule has 0 N–H and O–H groups in total. The van der Waals surface area contributed by atoms with Crippen LogP contribution in [-0.4, -0.2) is 5.88 Å². The highest BCUT2D eigenvalue weighted by molar-refractivity contribution is 9.10. The van der Waals surface area contributed by atoms with Crippen molar-refractivity contribution in [2.75, 3.05) is 5.88 Å². The number of halogens is 3. The summed E-state index contributed by atoms with van der Waals surface area (Å²) in [6.45, 7) is 0. The highest BCUT2D eigenvalue weighted by Crippen LogP contribution is 2.28. The predicted molar refractivity (Wildman–Crippen MR) is 82.8 cm³/mol. The van der Waals surface area contributed by atoms with E-state index in [4.69, 9.17) is 23.2 Å². The third kappa shape index (κ3) is 3.50. The monoisotopic (exact) mass is 342 g/mol. The number of hydrogen-bond acceptors (Lipinski definition) is 0. The predicted octanol–water partition coefficient (Wildman–Crippen LogP) is 5.67. The second kappa shape index (κ2) is 6.60. The van der Waals surface area contributed by atoms with Crippen molar-refractivity contribution in [1.82, 2.24) is 0 Å².